The van der Waals surface area contributed by atoms with Crippen molar-refractivity contribution in [1.82, 2.24) is 4.90 Å². The van der Waals surface area contributed by atoms with Crippen molar-refractivity contribution in [2.45, 2.75) is 26.3 Å². The predicted octanol–water partition coefficient (Wildman–Crippen LogP) is 1.30. The number of anilines is 2. The lowest BCUT2D eigenvalue weighted by Crippen LogP contribution is -2.44. The van der Waals surface area contributed by atoms with E-state index in [1.165, 1.54) is 0 Å². The van der Waals surface area contributed by atoms with Crippen LogP contribution in [-0.4, -0.2) is 41.7 Å². The first-order chi connectivity index (χ1) is 9.12. The summed E-state index contributed by atoms with van der Waals surface area (Å²) in [4.78, 5) is 14.2. The minimum Gasteiger partial charge on any atom is -0.399 e. The molecular formula is C14H23N3O2. The number of nitrogens with two attached hydrogens (primary N) is 1. The number of nitrogens with one attached hydrogen (secondary N) is 1. The Kier molecular flexibility index (Phi) is 6.32. The number of hydrogen-bond donors (Lipinski definition) is 3. The minimum absolute atomic E-state index is 0.0515. The van der Waals surface area contributed by atoms with Gasteiger partial charge in [0.2, 0.25) is 5.91 Å². The number of hydrogen-bond acceptors (Lipinski definition) is 4. The van der Waals surface area contributed by atoms with Gasteiger partial charge in [-0.15, -0.1) is 0 Å². The van der Waals surface area contributed by atoms with Crippen molar-refractivity contribution in [3.63, 3.8) is 0 Å². The number of likely N-dealkylation sites (N-methyl/N-ethyl adjacent to an activating group) is 1. The monoisotopic (exact) mass is 265 g/mol. The van der Waals surface area contributed by atoms with Crippen LogP contribution >= 0.6 is 0 Å². The largest absolute Gasteiger partial charge is 0.399 e. The number of aliphatic hydroxyl groups is 1. The fraction of sp³-hybridized carbons (Fsp3) is 0.500. The third kappa shape index (κ3) is 4.54. The number of benzene rings is 1. The number of carbonyl (C=O) groups excluding carboxylic acids is 1. The molecule has 1 aromatic rings. The van der Waals surface area contributed by atoms with Crippen molar-refractivity contribution in [3.05, 3.63) is 24.3 Å². The summed E-state index contributed by atoms with van der Waals surface area (Å²) < 4.78 is 0. The minimum atomic E-state index is -0.237. The number of nitrogens with zero attached hydrogens (tertiary/aromatic N) is 1. The molecule has 4 N–H and O–H groups in total. The van der Waals surface area contributed by atoms with Crippen molar-refractivity contribution in [1.29, 1.82) is 0 Å². The maximum absolute atomic E-state index is 12.3. The van der Waals surface area contributed by atoms with Gasteiger partial charge in [-0.1, -0.05) is 19.9 Å². The van der Waals surface area contributed by atoms with E-state index in [-0.39, 0.29) is 18.6 Å². The van der Waals surface area contributed by atoms with Crippen LogP contribution in [0.5, 0.6) is 0 Å². The van der Waals surface area contributed by atoms with Crippen molar-refractivity contribution in [2.75, 3.05) is 30.7 Å². The van der Waals surface area contributed by atoms with E-state index in [9.17, 15) is 4.79 Å². The molecule has 0 aromatic heterocycles. The van der Waals surface area contributed by atoms with E-state index in [0.717, 1.165) is 6.54 Å². The normalized spacial score (nSPS) is 12.4. The first-order valence-corrected chi connectivity index (χ1v) is 6.63. The van der Waals surface area contributed by atoms with Gasteiger partial charge in [-0.25, -0.2) is 0 Å². The van der Waals surface area contributed by atoms with Crippen LogP contribution in [-0.2, 0) is 4.79 Å². The summed E-state index contributed by atoms with van der Waals surface area (Å²) in [5.41, 5.74) is 7.00. The Labute approximate surface area is 114 Å². The molecule has 1 atom stereocenters. The summed E-state index contributed by atoms with van der Waals surface area (Å²) in [5, 5.41) is 11.9. The number of rotatable bonds is 7. The highest BCUT2D eigenvalue weighted by molar-refractivity contribution is 5.95. The summed E-state index contributed by atoms with van der Waals surface area (Å²) in [6, 6.07) is 6.88. The molecule has 1 rings (SSSR count). The van der Waals surface area contributed by atoms with E-state index in [1.54, 1.807) is 18.2 Å². The van der Waals surface area contributed by atoms with E-state index in [1.807, 2.05) is 24.8 Å². The third-order valence-electron chi connectivity index (χ3n) is 3.08. The highest BCUT2D eigenvalue weighted by Crippen LogP contribution is 2.14. The van der Waals surface area contributed by atoms with Crippen molar-refractivity contribution < 1.29 is 9.90 Å². The van der Waals surface area contributed by atoms with E-state index in [4.69, 9.17) is 10.8 Å². The zero-order chi connectivity index (χ0) is 14.3. The molecule has 0 aliphatic rings. The number of nitrogen functional groups attached to an aromatic ring is 1. The quantitative estimate of drug-likeness (QED) is 0.649. The van der Waals surface area contributed by atoms with Gasteiger partial charge in [-0.3, -0.25) is 9.69 Å². The molecule has 106 valence electrons. The second-order valence-corrected chi connectivity index (χ2v) is 4.39. The van der Waals surface area contributed by atoms with Crippen molar-refractivity contribution in [3.8, 4) is 0 Å². The van der Waals surface area contributed by atoms with Gasteiger partial charge >= 0.3 is 0 Å². The van der Waals surface area contributed by atoms with Gasteiger partial charge in [0.1, 0.15) is 0 Å². The van der Waals surface area contributed by atoms with Crippen molar-refractivity contribution >= 4 is 17.3 Å². The van der Waals surface area contributed by atoms with Gasteiger partial charge in [-0.2, -0.15) is 0 Å². The Morgan fingerprint density at radius 2 is 2.21 bits per heavy atom. The van der Waals surface area contributed by atoms with Gasteiger partial charge in [0.15, 0.2) is 0 Å². The summed E-state index contributed by atoms with van der Waals surface area (Å²) in [6.07, 6.45) is 0.696. The summed E-state index contributed by atoms with van der Waals surface area (Å²) >= 11 is 0. The van der Waals surface area contributed by atoms with E-state index >= 15 is 0 Å². The molecule has 1 unspecified atom stereocenters. The molecule has 0 aliphatic carbocycles. The Morgan fingerprint density at radius 1 is 1.47 bits per heavy atom. The molecule has 0 radical (unpaired) electrons. The SMILES string of the molecule is CCC(C(=O)Nc1cccc(N)c1)N(CC)CCO. The van der Waals surface area contributed by atoms with Crippen molar-refractivity contribution in [2.24, 2.45) is 0 Å². The predicted molar refractivity (Wildman–Crippen MR) is 77.9 cm³/mol. The van der Waals surface area contributed by atoms with E-state index in [2.05, 4.69) is 5.32 Å². The van der Waals surface area contributed by atoms with Crippen LogP contribution in [0, 0.1) is 0 Å². The summed E-state index contributed by atoms with van der Waals surface area (Å²) in [7, 11) is 0. The van der Waals surface area contributed by atoms with Gasteiger partial charge < -0.3 is 16.2 Å². The fourth-order valence-electron chi connectivity index (χ4n) is 2.11. The lowest BCUT2D eigenvalue weighted by Gasteiger charge is -2.28. The lowest BCUT2D eigenvalue weighted by molar-refractivity contribution is -0.121. The molecule has 5 nitrogen and oxygen atoms in total. The van der Waals surface area contributed by atoms with Gasteiger partial charge in [0.25, 0.3) is 0 Å². The van der Waals surface area contributed by atoms with E-state index in [0.29, 0.717) is 24.3 Å². The highest BCUT2D eigenvalue weighted by Gasteiger charge is 2.22. The third-order valence-corrected chi connectivity index (χ3v) is 3.08. The smallest absolute Gasteiger partial charge is 0.241 e. The van der Waals surface area contributed by atoms with Crippen LogP contribution in [0.2, 0.25) is 0 Å². The maximum atomic E-state index is 12.3. The summed E-state index contributed by atoms with van der Waals surface area (Å²) in [6.45, 7) is 5.22. The van der Waals surface area contributed by atoms with Gasteiger partial charge in [-0.05, 0) is 31.2 Å². The molecule has 0 bridgehead atoms. The Hall–Kier alpha value is -1.59. The molecule has 0 spiro atoms. The number of carbonyl (C=O) groups is 1. The Morgan fingerprint density at radius 3 is 2.74 bits per heavy atom. The Balaban J connectivity index is 2.73. The molecule has 0 saturated carbocycles. The van der Waals surface area contributed by atoms with Crippen LogP contribution in [0.15, 0.2) is 24.3 Å². The fourth-order valence-corrected chi connectivity index (χ4v) is 2.11. The molecule has 5 heteroatoms. The molecule has 0 saturated heterocycles. The molecule has 0 fully saturated rings. The second kappa shape index (κ2) is 7.76. The number of aliphatic hydroxyl groups excluding tert-OH is 1. The van der Waals surface area contributed by atoms with Crippen LogP contribution in [0.3, 0.4) is 0 Å². The topological polar surface area (TPSA) is 78.6 Å². The first-order valence-electron chi connectivity index (χ1n) is 6.63. The van der Waals surface area contributed by atoms with Gasteiger partial charge in [0.05, 0.1) is 12.6 Å². The van der Waals surface area contributed by atoms with Crippen LogP contribution in [0.4, 0.5) is 11.4 Å². The second-order valence-electron chi connectivity index (χ2n) is 4.39. The average Bonchev–Trinajstić information content (AvgIpc) is 2.38. The van der Waals surface area contributed by atoms with E-state index < -0.39 is 0 Å². The van der Waals surface area contributed by atoms with Gasteiger partial charge in [0, 0.05) is 17.9 Å². The maximum Gasteiger partial charge on any atom is 0.241 e. The first kappa shape index (κ1) is 15.5. The highest BCUT2D eigenvalue weighted by atomic mass is 16.3. The molecule has 0 heterocycles. The zero-order valence-electron chi connectivity index (χ0n) is 11.6. The number of amides is 1. The summed E-state index contributed by atoms with van der Waals surface area (Å²) in [5.74, 6) is -0.0663. The molecule has 1 aromatic carbocycles. The van der Waals surface area contributed by atoms with Crippen LogP contribution < -0.4 is 11.1 Å². The van der Waals surface area contributed by atoms with Crippen LogP contribution in [0.1, 0.15) is 20.3 Å². The van der Waals surface area contributed by atoms with Crippen LogP contribution in [0.25, 0.3) is 0 Å². The lowest BCUT2D eigenvalue weighted by atomic mass is 10.1. The molecule has 1 amide bonds. The molecular weight excluding hydrogens is 242 g/mol. The zero-order valence-corrected chi connectivity index (χ0v) is 11.6. The molecule has 19 heavy (non-hydrogen) atoms. The average molecular weight is 265 g/mol. The molecule has 0 aliphatic heterocycles. The standard InChI is InChI=1S/C14H23N3O2/c1-3-13(17(4-2)8-9-18)14(19)16-12-7-5-6-11(15)10-12/h5-7,10,13,18H,3-4,8-9,15H2,1-2H3,(H,16,19). The Bertz CT molecular complexity index is 409.